The van der Waals surface area contributed by atoms with E-state index in [1.807, 2.05) is 0 Å². The number of carbonyl (C=O) groups excluding carboxylic acids is 1. The highest BCUT2D eigenvalue weighted by molar-refractivity contribution is 8.00. The van der Waals surface area contributed by atoms with Gasteiger partial charge in [-0.05, 0) is 87.5 Å². The lowest BCUT2D eigenvalue weighted by atomic mass is 9.48. The summed E-state index contributed by atoms with van der Waals surface area (Å²) in [5.41, 5.74) is -0.0256. The van der Waals surface area contributed by atoms with Gasteiger partial charge < -0.3 is 0 Å². The third-order valence-electron chi connectivity index (χ3n) is 7.53. The van der Waals surface area contributed by atoms with Crippen LogP contribution in [-0.2, 0) is 4.79 Å². The first-order valence-corrected chi connectivity index (χ1v) is 12.6. The molecule has 5 aliphatic carbocycles. The van der Waals surface area contributed by atoms with Crippen LogP contribution in [0.25, 0.3) is 10.7 Å². The molecule has 1 atom stereocenters. The summed E-state index contributed by atoms with van der Waals surface area (Å²) in [5, 5.41) is 12.0. The molecule has 28 heavy (non-hydrogen) atoms. The molecule has 0 amide bonds. The standard InChI is InChI=1S/C22H27N3OS2/c1-13(19(26)22-10-14-7-15(11-22)9-16(8-14)12-22)28-21-24-23-20(18-3-2-6-27-18)25(21)17-4-5-17/h2-3,6,13-17H,4-5,7-12H2,1H3. The van der Waals surface area contributed by atoms with Crippen LogP contribution in [0.15, 0.2) is 22.7 Å². The molecule has 0 aliphatic heterocycles. The highest BCUT2D eigenvalue weighted by Gasteiger charge is 2.55. The second-order valence-corrected chi connectivity index (χ2v) is 12.0. The van der Waals surface area contributed by atoms with Crippen molar-refractivity contribution in [2.75, 3.05) is 0 Å². The zero-order valence-corrected chi connectivity index (χ0v) is 18.0. The third-order valence-corrected chi connectivity index (χ3v) is 9.45. The monoisotopic (exact) mass is 413 g/mol. The number of rotatable bonds is 6. The van der Waals surface area contributed by atoms with Gasteiger partial charge in [-0.2, -0.15) is 0 Å². The Balaban J connectivity index is 1.26. The maximum atomic E-state index is 13.7. The van der Waals surface area contributed by atoms with Crippen LogP contribution in [0.1, 0.15) is 64.3 Å². The van der Waals surface area contributed by atoms with Gasteiger partial charge in [0.15, 0.2) is 16.8 Å². The van der Waals surface area contributed by atoms with Crippen LogP contribution in [-0.4, -0.2) is 25.8 Å². The first-order valence-electron chi connectivity index (χ1n) is 10.8. The molecule has 0 radical (unpaired) electrons. The fourth-order valence-electron chi connectivity index (χ4n) is 6.65. The van der Waals surface area contributed by atoms with Gasteiger partial charge in [0.05, 0.1) is 10.1 Å². The average Bonchev–Trinajstić information content (AvgIpc) is 3.19. The van der Waals surface area contributed by atoms with E-state index in [0.717, 1.165) is 48.0 Å². The fourth-order valence-corrected chi connectivity index (χ4v) is 8.46. The van der Waals surface area contributed by atoms with E-state index in [2.05, 4.69) is 39.2 Å². The molecule has 5 aliphatic rings. The van der Waals surface area contributed by atoms with E-state index in [9.17, 15) is 4.79 Å². The molecular formula is C22H27N3OS2. The van der Waals surface area contributed by atoms with Crippen LogP contribution < -0.4 is 0 Å². The molecule has 0 N–H and O–H groups in total. The van der Waals surface area contributed by atoms with Gasteiger partial charge in [0.25, 0.3) is 0 Å². The van der Waals surface area contributed by atoms with E-state index in [1.165, 1.54) is 37.0 Å². The molecule has 4 bridgehead atoms. The number of thiophene rings is 1. The average molecular weight is 414 g/mol. The van der Waals surface area contributed by atoms with Gasteiger partial charge in [-0.15, -0.1) is 21.5 Å². The van der Waals surface area contributed by atoms with Crippen molar-refractivity contribution in [3.63, 3.8) is 0 Å². The maximum Gasteiger partial charge on any atom is 0.192 e. The highest BCUT2D eigenvalue weighted by Crippen LogP contribution is 2.61. The molecule has 2 aromatic rings. The Hall–Kier alpha value is -1.14. The molecular weight excluding hydrogens is 386 g/mol. The van der Waals surface area contributed by atoms with Crippen molar-refractivity contribution < 1.29 is 4.79 Å². The Morgan fingerprint density at radius 3 is 2.43 bits per heavy atom. The molecule has 148 valence electrons. The van der Waals surface area contributed by atoms with Crippen molar-refractivity contribution in [3.05, 3.63) is 17.5 Å². The van der Waals surface area contributed by atoms with Crippen molar-refractivity contribution in [1.82, 2.24) is 14.8 Å². The Morgan fingerprint density at radius 2 is 1.86 bits per heavy atom. The fraction of sp³-hybridized carbons (Fsp3) is 0.682. The van der Waals surface area contributed by atoms with E-state index in [0.29, 0.717) is 11.8 Å². The van der Waals surface area contributed by atoms with Crippen LogP contribution in [0, 0.1) is 23.2 Å². The molecule has 7 rings (SSSR count). The first kappa shape index (κ1) is 17.7. The molecule has 2 heterocycles. The predicted octanol–water partition coefficient (Wildman–Crippen LogP) is 5.61. The van der Waals surface area contributed by atoms with Crippen molar-refractivity contribution >= 4 is 28.9 Å². The Labute approximate surface area is 174 Å². The predicted molar refractivity (Wildman–Crippen MR) is 113 cm³/mol. The van der Waals surface area contributed by atoms with E-state index in [-0.39, 0.29) is 10.7 Å². The number of aromatic nitrogens is 3. The molecule has 5 saturated carbocycles. The van der Waals surface area contributed by atoms with E-state index >= 15 is 0 Å². The van der Waals surface area contributed by atoms with E-state index in [1.54, 1.807) is 23.1 Å². The number of hydrogen-bond donors (Lipinski definition) is 0. The summed E-state index contributed by atoms with van der Waals surface area (Å²) in [6.07, 6.45) is 9.99. The zero-order chi connectivity index (χ0) is 18.9. The summed E-state index contributed by atoms with van der Waals surface area (Å²) in [6.45, 7) is 2.11. The minimum atomic E-state index is -0.0332. The van der Waals surface area contributed by atoms with Gasteiger partial charge in [-0.25, -0.2) is 0 Å². The third kappa shape index (κ3) is 2.82. The normalized spacial score (nSPS) is 34.7. The van der Waals surface area contributed by atoms with Crippen molar-refractivity contribution in [2.24, 2.45) is 23.2 Å². The van der Waals surface area contributed by atoms with Crippen LogP contribution >= 0.6 is 23.1 Å². The second-order valence-electron chi connectivity index (χ2n) is 9.71. The number of carbonyl (C=O) groups is 1. The van der Waals surface area contributed by atoms with Crippen LogP contribution in [0.4, 0.5) is 0 Å². The molecule has 1 unspecified atom stereocenters. The van der Waals surface area contributed by atoms with Gasteiger partial charge in [0.2, 0.25) is 0 Å². The minimum absolute atomic E-state index is 0.0256. The summed E-state index contributed by atoms with van der Waals surface area (Å²) >= 11 is 3.37. The maximum absolute atomic E-state index is 13.7. The number of nitrogens with zero attached hydrogens (tertiary/aromatic N) is 3. The quantitative estimate of drug-likeness (QED) is 0.578. The van der Waals surface area contributed by atoms with Crippen LogP contribution in [0.2, 0.25) is 0 Å². The Morgan fingerprint density at radius 1 is 1.18 bits per heavy atom. The number of ketones is 1. The van der Waals surface area contributed by atoms with Gasteiger partial charge >= 0.3 is 0 Å². The van der Waals surface area contributed by atoms with Gasteiger partial charge in [0, 0.05) is 11.5 Å². The molecule has 0 saturated heterocycles. The van der Waals surface area contributed by atoms with E-state index < -0.39 is 0 Å². The first-order chi connectivity index (χ1) is 13.6. The van der Waals surface area contributed by atoms with Gasteiger partial charge in [-0.3, -0.25) is 9.36 Å². The molecule has 0 spiro atoms. The van der Waals surface area contributed by atoms with Gasteiger partial charge in [-0.1, -0.05) is 17.8 Å². The Kier molecular flexibility index (Phi) is 4.06. The topological polar surface area (TPSA) is 47.8 Å². The van der Waals surface area contributed by atoms with Crippen molar-refractivity contribution in [1.29, 1.82) is 0 Å². The molecule has 6 heteroatoms. The largest absolute Gasteiger partial charge is 0.298 e. The van der Waals surface area contributed by atoms with Gasteiger partial charge in [0.1, 0.15) is 0 Å². The number of thioether (sulfide) groups is 1. The number of Topliss-reactive ketones (excluding diaryl/α,β-unsaturated/α-hetero) is 1. The molecule has 2 aromatic heterocycles. The van der Waals surface area contributed by atoms with E-state index in [4.69, 9.17) is 0 Å². The van der Waals surface area contributed by atoms with Crippen LogP contribution in [0.5, 0.6) is 0 Å². The minimum Gasteiger partial charge on any atom is -0.298 e. The lowest BCUT2D eigenvalue weighted by Gasteiger charge is -2.56. The lowest BCUT2D eigenvalue weighted by molar-refractivity contribution is -0.142. The zero-order valence-electron chi connectivity index (χ0n) is 16.3. The summed E-state index contributed by atoms with van der Waals surface area (Å²) in [5.74, 6) is 3.92. The Bertz CT molecular complexity index is 864. The lowest BCUT2D eigenvalue weighted by Crippen LogP contribution is -2.51. The highest BCUT2D eigenvalue weighted by atomic mass is 32.2. The molecule has 0 aromatic carbocycles. The summed E-state index contributed by atoms with van der Waals surface area (Å²) in [4.78, 5) is 14.8. The summed E-state index contributed by atoms with van der Waals surface area (Å²) in [7, 11) is 0. The molecule has 4 nitrogen and oxygen atoms in total. The smallest absolute Gasteiger partial charge is 0.192 e. The van der Waals surface area contributed by atoms with Crippen LogP contribution in [0.3, 0.4) is 0 Å². The second kappa shape index (κ2) is 6.43. The molecule has 5 fully saturated rings. The van der Waals surface area contributed by atoms with Crippen molar-refractivity contribution in [3.8, 4) is 10.7 Å². The summed E-state index contributed by atoms with van der Waals surface area (Å²) < 4.78 is 2.31. The summed E-state index contributed by atoms with van der Waals surface area (Å²) in [6, 6.07) is 4.70. The number of hydrogen-bond acceptors (Lipinski definition) is 5. The van der Waals surface area contributed by atoms with Crippen molar-refractivity contribution in [2.45, 2.75) is 74.7 Å². The SMILES string of the molecule is CC(Sc1nnc(-c2cccs2)n1C1CC1)C(=O)C12CC3CC(CC(C3)C1)C2.